The van der Waals surface area contributed by atoms with Gasteiger partial charge in [0.15, 0.2) is 0 Å². The highest BCUT2D eigenvalue weighted by molar-refractivity contribution is 5.92. The summed E-state index contributed by atoms with van der Waals surface area (Å²) in [6, 6.07) is 10.4. The number of amides is 3. The van der Waals surface area contributed by atoms with Gasteiger partial charge in [0.25, 0.3) is 5.91 Å². The van der Waals surface area contributed by atoms with Crippen LogP contribution in [0.2, 0.25) is 0 Å². The molecule has 0 saturated carbocycles. The third-order valence-electron chi connectivity index (χ3n) is 3.85. The van der Waals surface area contributed by atoms with Gasteiger partial charge in [0, 0.05) is 5.56 Å². The molecule has 0 radical (unpaired) electrons. The first-order valence-electron chi connectivity index (χ1n) is 7.59. The molecule has 0 spiro atoms. The number of ether oxygens (including phenoxy) is 1. The molecule has 1 aromatic heterocycles. The molecule has 1 unspecified atom stereocenters. The van der Waals surface area contributed by atoms with Crippen molar-refractivity contribution in [3.05, 3.63) is 53.9 Å². The van der Waals surface area contributed by atoms with E-state index in [1.54, 1.807) is 11.0 Å². The largest absolute Gasteiger partial charge is 0.491 e. The molecule has 7 nitrogen and oxygen atoms in total. The normalized spacial score (nSPS) is 16.5. The van der Waals surface area contributed by atoms with Crippen molar-refractivity contribution >= 4 is 17.6 Å². The van der Waals surface area contributed by atoms with Crippen LogP contribution in [-0.4, -0.2) is 34.5 Å². The van der Waals surface area contributed by atoms with Gasteiger partial charge in [-0.15, -0.1) is 0 Å². The molecule has 3 amide bonds. The Bertz CT molecular complexity index is 761. The van der Waals surface area contributed by atoms with Gasteiger partial charge >= 0.3 is 6.03 Å². The van der Waals surface area contributed by atoms with Crippen LogP contribution in [0.1, 0.15) is 23.0 Å². The lowest BCUT2D eigenvalue weighted by Gasteiger charge is -2.26. The molecule has 0 bridgehead atoms. The number of fused-ring (bicyclic) bond motifs is 1. The standard InChI is InChI=1S/C17H18N4O3/c1-11-10-24-15-5-3-2-4-12(15)9-21(11)17(23)20-13-6-7-14(16(18)22)19-8-13/h2-8,11H,9-10H2,1H3,(H2,18,22)(H,20,23). The molecular weight excluding hydrogens is 308 g/mol. The molecule has 1 atom stereocenters. The Morgan fingerprint density at radius 2 is 2.08 bits per heavy atom. The van der Waals surface area contributed by atoms with Crippen molar-refractivity contribution in [1.82, 2.24) is 9.88 Å². The van der Waals surface area contributed by atoms with E-state index >= 15 is 0 Å². The summed E-state index contributed by atoms with van der Waals surface area (Å²) in [7, 11) is 0. The molecule has 1 aromatic carbocycles. The number of nitrogens with two attached hydrogens (primary N) is 1. The number of nitrogens with one attached hydrogen (secondary N) is 1. The van der Waals surface area contributed by atoms with E-state index in [1.807, 2.05) is 31.2 Å². The number of hydrogen-bond donors (Lipinski definition) is 2. The van der Waals surface area contributed by atoms with Gasteiger partial charge in [-0.1, -0.05) is 18.2 Å². The van der Waals surface area contributed by atoms with Crippen molar-refractivity contribution < 1.29 is 14.3 Å². The van der Waals surface area contributed by atoms with E-state index in [1.165, 1.54) is 12.3 Å². The summed E-state index contributed by atoms with van der Waals surface area (Å²) in [5.74, 6) is 0.190. The lowest BCUT2D eigenvalue weighted by molar-refractivity contribution is 0.0995. The van der Waals surface area contributed by atoms with Gasteiger partial charge in [-0.05, 0) is 25.1 Å². The van der Waals surface area contributed by atoms with E-state index in [0.29, 0.717) is 18.8 Å². The molecule has 0 aliphatic carbocycles. The number of nitrogens with zero attached hydrogens (tertiary/aromatic N) is 2. The van der Waals surface area contributed by atoms with Crippen LogP contribution in [0.25, 0.3) is 0 Å². The van der Waals surface area contributed by atoms with Crippen LogP contribution in [0, 0.1) is 0 Å². The number of anilines is 1. The maximum atomic E-state index is 12.6. The van der Waals surface area contributed by atoms with E-state index in [2.05, 4.69) is 10.3 Å². The van der Waals surface area contributed by atoms with Gasteiger partial charge in [0.05, 0.1) is 24.5 Å². The molecule has 3 N–H and O–H groups in total. The van der Waals surface area contributed by atoms with Gasteiger partial charge in [-0.2, -0.15) is 0 Å². The molecule has 24 heavy (non-hydrogen) atoms. The third kappa shape index (κ3) is 3.29. The molecular formula is C17H18N4O3. The molecule has 7 heteroatoms. The zero-order valence-corrected chi connectivity index (χ0v) is 13.2. The van der Waals surface area contributed by atoms with Crippen molar-refractivity contribution in [2.24, 2.45) is 5.73 Å². The first-order chi connectivity index (χ1) is 11.5. The van der Waals surface area contributed by atoms with E-state index in [0.717, 1.165) is 11.3 Å². The van der Waals surface area contributed by atoms with Crippen molar-refractivity contribution in [2.75, 3.05) is 11.9 Å². The molecule has 3 rings (SSSR count). The number of benzene rings is 1. The van der Waals surface area contributed by atoms with Gasteiger partial charge in [0.1, 0.15) is 18.1 Å². The number of primary amides is 1. The molecule has 2 heterocycles. The smallest absolute Gasteiger partial charge is 0.322 e. The van der Waals surface area contributed by atoms with Gasteiger partial charge < -0.3 is 20.7 Å². The summed E-state index contributed by atoms with van der Waals surface area (Å²) < 4.78 is 5.75. The summed E-state index contributed by atoms with van der Waals surface area (Å²) >= 11 is 0. The minimum Gasteiger partial charge on any atom is -0.491 e. The molecule has 2 aromatic rings. The molecule has 0 saturated heterocycles. The first-order valence-corrected chi connectivity index (χ1v) is 7.59. The second kappa shape index (κ2) is 6.57. The summed E-state index contributed by atoms with van der Waals surface area (Å²) in [5, 5.41) is 2.78. The molecule has 1 aliphatic rings. The van der Waals surface area contributed by atoms with Crippen LogP contribution in [0.3, 0.4) is 0 Å². The number of urea groups is 1. The van der Waals surface area contributed by atoms with Crippen LogP contribution in [0.15, 0.2) is 42.6 Å². The summed E-state index contributed by atoms with van der Waals surface area (Å²) in [6.45, 7) is 2.80. The lowest BCUT2D eigenvalue weighted by atomic mass is 10.2. The molecule has 1 aliphatic heterocycles. The first kappa shape index (κ1) is 15.8. The maximum Gasteiger partial charge on any atom is 0.322 e. The van der Waals surface area contributed by atoms with E-state index < -0.39 is 5.91 Å². The van der Waals surface area contributed by atoms with Crippen molar-refractivity contribution in [3.8, 4) is 5.75 Å². The predicted molar refractivity (Wildman–Crippen MR) is 88.7 cm³/mol. The Balaban J connectivity index is 1.75. The van der Waals surface area contributed by atoms with Gasteiger partial charge in [0.2, 0.25) is 0 Å². The van der Waals surface area contributed by atoms with Crippen molar-refractivity contribution in [1.29, 1.82) is 0 Å². The van der Waals surface area contributed by atoms with Crippen molar-refractivity contribution in [2.45, 2.75) is 19.5 Å². The van der Waals surface area contributed by atoms with Crippen molar-refractivity contribution in [3.63, 3.8) is 0 Å². The van der Waals surface area contributed by atoms with Gasteiger partial charge in [-0.3, -0.25) is 4.79 Å². The molecule has 0 fully saturated rings. The highest BCUT2D eigenvalue weighted by Gasteiger charge is 2.25. The second-order valence-corrected chi connectivity index (χ2v) is 5.62. The summed E-state index contributed by atoms with van der Waals surface area (Å²) in [4.78, 5) is 29.2. The summed E-state index contributed by atoms with van der Waals surface area (Å²) in [5.41, 5.74) is 6.76. The number of carbonyl (C=O) groups is 2. The minimum atomic E-state index is -0.609. The zero-order chi connectivity index (χ0) is 17.1. The highest BCUT2D eigenvalue weighted by atomic mass is 16.5. The zero-order valence-electron chi connectivity index (χ0n) is 13.2. The minimum absolute atomic E-state index is 0.0877. The summed E-state index contributed by atoms with van der Waals surface area (Å²) in [6.07, 6.45) is 1.41. The average Bonchev–Trinajstić information content (AvgIpc) is 2.75. The maximum absolute atomic E-state index is 12.6. The fourth-order valence-corrected chi connectivity index (χ4v) is 2.50. The highest BCUT2D eigenvalue weighted by Crippen LogP contribution is 2.25. The number of pyridine rings is 1. The topological polar surface area (TPSA) is 97.5 Å². The van der Waals surface area contributed by atoms with E-state index in [9.17, 15) is 9.59 Å². The number of rotatable bonds is 2. The van der Waals surface area contributed by atoms with E-state index in [-0.39, 0.29) is 17.8 Å². The number of hydrogen-bond acceptors (Lipinski definition) is 4. The predicted octanol–water partition coefficient (Wildman–Crippen LogP) is 2.00. The Morgan fingerprint density at radius 1 is 1.29 bits per heavy atom. The van der Waals surface area contributed by atoms with Crippen LogP contribution in [0.4, 0.5) is 10.5 Å². The number of carbonyl (C=O) groups excluding carboxylic acids is 2. The number of aromatic nitrogens is 1. The van der Waals surface area contributed by atoms with Crippen LogP contribution in [0.5, 0.6) is 5.75 Å². The fraction of sp³-hybridized carbons (Fsp3) is 0.235. The third-order valence-corrected chi connectivity index (χ3v) is 3.85. The Hall–Kier alpha value is -3.09. The van der Waals surface area contributed by atoms with Crippen LogP contribution >= 0.6 is 0 Å². The Labute approximate surface area is 139 Å². The van der Waals surface area contributed by atoms with E-state index in [4.69, 9.17) is 10.5 Å². The Morgan fingerprint density at radius 3 is 2.79 bits per heavy atom. The van der Waals surface area contributed by atoms with Gasteiger partial charge in [-0.25, -0.2) is 9.78 Å². The monoisotopic (exact) mass is 326 g/mol. The Kier molecular flexibility index (Phi) is 4.33. The second-order valence-electron chi connectivity index (χ2n) is 5.62. The lowest BCUT2D eigenvalue weighted by Crippen LogP contribution is -2.42. The SMILES string of the molecule is CC1COc2ccccc2CN1C(=O)Nc1ccc(C(N)=O)nc1. The van der Waals surface area contributed by atoms with Crippen LogP contribution < -0.4 is 15.8 Å². The molecule has 124 valence electrons. The van der Waals surface area contributed by atoms with Crippen LogP contribution in [-0.2, 0) is 6.54 Å². The fourth-order valence-electron chi connectivity index (χ4n) is 2.50. The average molecular weight is 326 g/mol. The quantitative estimate of drug-likeness (QED) is 0.882. The number of para-hydroxylation sites is 1.